The highest BCUT2D eigenvalue weighted by Gasteiger charge is 2.44. The van der Waals surface area contributed by atoms with E-state index in [0.29, 0.717) is 6.42 Å². The highest BCUT2D eigenvalue weighted by molar-refractivity contribution is 8.14. The number of nitrogens with zero attached hydrogens (tertiary/aromatic N) is 1. The van der Waals surface area contributed by atoms with Gasteiger partial charge in [0.15, 0.2) is 0 Å². The van der Waals surface area contributed by atoms with Crippen molar-refractivity contribution < 1.29 is 42.4 Å². The van der Waals surface area contributed by atoms with Crippen LogP contribution in [0.3, 0.4) is 0 Å². The van der Waals surface area contributed by atoms with E-state index in [0.717, 1.165) is 18.2 Å². The van der Waals surface area contributed by atoms with Gasteiger partial charge in [0.05, 0.1) is 6.61 Å². The molecule has 5 N–H and O–H groups in total. The van der Waals surface area contributed by atoms with Crippen LogP contribution in [0.1, 0.15) is 26.7 Å². The number of hydrogen-bond donors (Lipinski definition) is 5. The third kappa shape index (κ3) is 6.11. The summed E-state index contributed by atoms with van der Waals surface area (Å²) in [7, 11) is -4.79. The van der Waals surface area contributed by atoms with Crippen LogP contribution in [-0.4, -0.2) is 74.9 Å². The summed E-state index contributed by atoms with van der Waals surface area (Å²) in [6.45, 7) is 3.05. The van der Waals surface area contributed by atoms with Crippen molar-refractivity contribution >= 4 is 27.2 Å². The number of aliphatic hydroxyl groups is 4. The summed E-state index contributed by atoms with van der Waals surface area (Å²) in [5.41, 5.74) is -1.12. The Bertz CT molecular complexity index is 525. The summed E-state index contributed by atoms with van der Waals surface area (Å²) in [6.07, 6.45) is -4.29. The standard InChI is InChI=1S/C12H23NO9S2/c1-3-4-6(2)11(13-22-24(18,19)20)23-12-10(17)9(16)8(15)7(5-14)21-12/h6-10,12,14-17H,3-5H2,1-2H3,(H,18,19,20). The number of ether oxygens (including phenoxy) is 1. The van der Waals surface area contributed by atoms with Crippen molar-refractivity contribution in [2.45, 2.75) is 56.5 Å². The van der Waals surface area contributed by atoms with Crippen LogP contribution in [0.5, 0.6) is 0 Å². The predicted octanol–water partition coefficient (Wildman–Crippen LogP) is -0.911. The van der Waals surface area contributed by atoms with E-state index in [1.165, 1.54) is 0 Å². The Balaban J connectivity index is 2.95. The molecule has 24 heavy (non-hydrogen) atoms. The molecule has 6 atom stereocenters. The first-order valence-corrected chi connectivity index (χ1v) is 9.56. The molecule has 0 bridgehead atoms. The molecule has 1 saturated heterocycles. The lowest BCUT2D eigenvalue weighted by Gasteiger charge is -2.39. The van der Waals surface area contributed by atoms with E-state index in [1.807, 2.05) is 6.92 Å². The van der Waals surface area contributed by atoms with Gasteiger partial charge in [0.25, 0.3) is 0 Å². The number of hydrogen-bond acceptors (Lipinski definition) is 10. The summed E-state index contributed by atoms with van der Waals surface area (Å²) >= 11 is 0.782. The minimum absolute atomic E-state index is 0.110. The highest BCUT2D eigenvalue weighted by atomic mass is 32.3. The molecule has 0 spiro atoms. The van der Waals surface area contributed by atoms with Gasteiger partial charge in [-0.25, -0.2) is 4.28 Å². The molecule has 0 aromatic rings. The SMILES string of the molecule is CCCC(C)C(=NOS(=O)(=O)O)SC1OC(CO)C(O)C(O)C1O. The molecule has 1 rings (SSSR count). The van der Waals surface area contributed by atoms with Gasteiger partial charge in [-0.1, -0.05) is 37.2 Å². The van der Waals surface area contributed by atoms with Crippen molar-refractivity contribution in [3.63, 3.8) is 0 Å². The number of aliphatic hydroxyl groups excluding tert-OH is 4. The molecule has 10 nitrogen and oxygen atoms in total. The minimum Gasteiger partial charge on any atom is -0.394 e. The molecule has 0 saturated carbocycles. The molecule has 1 heterocycles. The zero-order valence-electron chi connectivity index (χ0n) is 13.2. The normalized spacial score (nSPS) is 33.3. The van der Waals surface area contributed by atoms with Crippen LogP contribution >= 0.6 is 11.8 Å². The monoisotopic (exact) mass is 389 g/mol. The fourth-order valence-electron chi connectivity index (χ4n) is 2.15. The highest BCUT2D eigenvalue weighted by Crippen LogP contribution is 2.32. The quantitative estimate of drug-likeness (QED) is 0.159. The number of thioether (sulfide) groups is 1. The maximum absolute atomic E-state index is 10.7. The van der Waals surface area contributed by atoms with E-state index < -0.39 is 46.9 Å². The third-order valence-corrected chi connectivity index (χ3v) is 5.05. The van der Waals surface area contributed by atoms with Gasteiger partial charge in [-0.3, -0.25) is 4.55 Å². The van der Waals surface area contributed by atoms with E-state index in [-0.39, 0.29) is 11.0 Å². The Morgan fingerprint density at radius 1 is 1.29 bits per heavy atom. The average molecular weight is 389 g/mol. The van der Waals surface area contributed by atoms with Gasteiger partial charge in [-0.05, 0) is 6.42 Å². The Kier molecular flexibility index (Phi) is 8.35. The molecule has 6 unspecified atom stereocenters. The second kappa shape index (κ2) is 9.29. The second-order valence-electron chi connectivity index (χ2n) is 5.44. The summed E-state index contributed by atoms with van der Waals surface area (Å²) in [6, 6.07) is 0. The van der Waals surface area contributed by atoms with Gasteiger partial charge in [0, 0.05) is 5.92 Å². The Labute approximate surface area is 144 Å². The first kappa shape index (κ1) is 21.6. The van der Waals surface area contributed by atoms with Crippen molar-refractivity contribution in [2.75, 3.05) is 6.61 Å². The van der Waals surface area contributed by atoms with E-state index in [1.54, 1.807) is 6.92 Å². The Morgan fingerprint density at radius 3 is 2.42 bits per heavy atom. The fourth-order valence-corrected chi connectivity index (χ4v) is 3.54. The molecule has 0 aromatic heterocycles. The number of rotatable bonds is 7. The van der Waals surface area contributed by atoms with Crippen molar-refractivity contribution in [2.24, 2.45) is 11.1 Å². The van der Waals surface area contributed by atoms with Crippen molar-refractivity contribution in [3.8, 4) is 0 Å². The Hall–Kier alpha value is -0.470. The molecule has 1 aliphatic rings. The van der Waals surface area contributed by atoms with Crippen LogP contribution in [0.4, 0.5) is 0 Å². The van der Waals surface area contributed by atoms with Gasteiger partial charge >= 0.3 is 10.4 Å². The fraction of sp³-hybridized carbons (Fsp3) is 0.917. The molecular formula is C12H23NO9S2. The minimum atomic E-state index is -4.79. The lowest BCUT2D eigenvalue weighted by molar-refractivity contribution is -0.205. The van der Waals surface area contributed by atoms with Gasteiger partial charge < -0.3 is 25.2 Å². The molecule has 0 radical (unpaired) electrons. The first-order valence-electron chi connectivity index (χ1n) is 7.31. The summed E-state index contributed by atoms with van der Waals surface area (Å²) in [5, 5.41) is 42.2. The van der Waals surface area contributed by atoms with E-state index in [4.69, 9.17) is 14.4 Å². The zero-order chi connectivity index (χ0) is 18.5. The van der Waals surface area contributed by atoms with E-state index in [9.17, 15) is 23.7 Å². The average Bonchev–Trinajstić information content (AvgIpc) is 2.50. The molecule has 12 heteroatoms. The topological polar surface area (TPSA) is 166 Å². The number of oxime groups is 1. The maximum atomic E-state index is 10.7. The van der Waals surface area contributed by atoms with Crippen LogP contribution < -0.4 is 0 Å². The summed E-state index contributed by atoms with van der Waals surface area (Å²) < 4.78 is 39.4. The van der Waals surface area contributed by atoms with E-state index in [2.05, 4.69) is 9.44 Å². The van der Waals surface area contributed by atoms with Crippen LogP contribution in [0.2, 0.25) is 0 Å². The molecule has 0 amide bonds. The Morgan fingerprint density at radius 2 is 1.92 bits per heavy atom. The van der Waals surface area contributed by atoms with Crippen molar-refractivity contribution in [1.82, 2.24) is 0 Å². The third-order valence-electron chi connectivity index (χ3n) is 3.45. The van der Waals surface area contributed by atoms with Gasteiger partial charge in [-0.2, -0.15) is 8.42 Å². The van der Waals surface area contributed by atoms with Crippen molar-refractivity contribution in [3.05, 3.63) is 0 Å². The predicted molar refractivity (Wildman–Crippen MR) is 85.5 cm³/mol. The summed E-state index contributed by atoms with van der Waals surface area (Å²) in [4.78, 5) is 0. The molecule has 1 aliphatic heterocycles. The zero-order valence-corrected chi connectivity index (χ0v) is 14.9. The molecule has 142 valence electrons. The molecule has 0 aliphatic carbocycles. The van der Waals surface area contributed by atoms with Gasteiger partial charge in [0.2, 0.25) is 0 Å². The molecular weight excluding hydrogens is 366 g/mol. The summed E-state index contributed by atoms with van der Waals surface area (Å²) in [5.74, 6) is -0.283. The van der Waals surface area contributed by atoms with Crippen LogP contribution in [-0.2, 0) is 19.4 Å². The van der Waals surface area contributed by atoms with Gasteiger partial charge in [0.1, 0.15) is 34.9 Å². The lowest BCUT2D eigenvalue weighted by atomic mass is 10.0. The molecule has 0 aromatic carbocycles. The largest absolute Gasteiger partial charge is 0.466 e. The maximum Gasteiger partial charge on any atom is 0.466 e. The second-order valence-corrected chi connectivity index (χ2v) is 7.56. The lowest BCUT2D eigenvalue weighted by Crippen LogP contribution is -2.57. The van der Waals surface area contributed by atoms with Crippen LogP contribution in [0.15, 0.2) is 5.16 Å². The van der Waals surface area contributed by atoms with Crippen LogP contribution in [0.25, 0.3) is 0 Å². The van der Waals surface area contributed by atoms with Gasteiger partial charge in [-0.15, -0.1) is 0 Å². The smallest absolute Gasteiger partial charge is 0.394 e. The van der Waals surface area contributed by atoms with E-state index >= 15 is 0 Å². The van der Waals surface area contributed by atoms with Crippen LogP contribution in [0, 0.1) is 5.92 Å². The van der Waals surface area contributed by atoms with Crippen molar-refractivity contribution in [1.29, 1.82) is 0 Å². The molecule has 1 fully saturated rings. The first-order chi connectivity index (χ1) is 11.1.